The molecule has 0 radical (unpaired) electrons. The van der Waals surface area contributed by atoms with E-state index in [-0.39, 0.29) is 10.7 Å². The van der Waals surface area contributed by atoms with E-state index in [9.17, 15) is 9.59 Å². The van der Waals surface area contributed by atoms with Crippen molar-refractivity contribution in [3.63, 3.8) is 0 Å². The van der Waals surface area contributed by atoms with Gasteiger partial charge in [-0.2, -0.15) is 0 Å². The molecule has 0 unspecified atom stereocenters. The third-order valence-electron chi connectivity index (χ3n) is 4.27. The maximum atomic E-state index is 12.8. The summed E-state index contributed by atoms with van der Waals surface area (Å²) < 4.78 is 0. The first-order valence-electron chi connectivity index (χ1n) is 7.99. The van der Waals surface area contributed by atoms with Gasteiger partial charge in [-0.05, 0) is 74.2 Å². The van der Waals surface area contributed by atoms with Gasteiger partial charge in [-0.15, -0.1) is 0 Å². The Bertz CT molecular complexity index is 911. The van der Waals surface area contributed by atoms with E-state index < -0.39 is 11.8 Å². The number of carbonyl (C=O) groups excluding carboxylic acids is 2. The van der Waals surface area contributed by atoms with Crippen molar-refractivity contribution in [1.82, 2.24) is 0 Å². The van der Waals surface area contributed by atoms with Crippen LogP contribution in [0.4, 0.5) is 11.4 Å². The van der Waals surface area contributed by atoms with Gasteiger partial charge < -0.3 is 5.32 Å². The predicted molar refractivity (Wildman–Crippen MR) is 101 cm³/mol. The van der Waals surface area contributed by atoms with Crippen LogP contribution in [0.15, 0.2) is 47.1 Å². The maximum Gasteiger partial charge on any atom is 0.283 e. The average Bonchev–Trinajstić information content (AvgIpc) is 2.73. The largest absolute Gasteiger partial charge is 0.350 e. The standard InChI is InChI=1S/C20H19ClN2O2/c1-11-7-12(2)9-16(8-11)23-19(24)17(21)18(20(23)25)22-15-6-5-13(3)14(4)10-15/h5-10,22H,1-4H3. The summed E-state index contributed by atoms with van der Waals surface area (Å²) in [6.07, 6.45) is 0. The third kappa shape index (κ3) is 3.17. The van der Waals surface area contributed by atoms with E-state index in [2.05, 4.69) is 5.32 Å². The van der Waals surface area contributed by atoms with Gasteiger partial charge in [-0.3, -0.25) is 9.59 Å². The Morgan fingerprint density at radius 2 is 1.48 bits per heavy atom. The second-order valence-electron chi connectivity index (χ2n) is 6.40. The number of anilines is 2. The van der Waals surface area contributed by atoms with Gasteiger partial charge in [0.1, 0.15) is 10.7 Å². The minimum Gasteiger partial charge on any atom is -0.350 e. The van der Waals surface area contributed by atoms with Crippen LogP contribution in [0.25, 0.3) is 0 Å². The van der Waals surface area contributed by atoms with Crippen LogP contribution in [0, 0.1) is 27.7 Å². The molecular formula is C20H19ClN2O2. The molecule has 2 amide bonds. The average molecular weight is 355 g/mol. The van der Waals surface area contributed by atoms with E-state index in [1.54, 1.807) is 12.1 Å². The molecule has 1 aliphatic heterocycles. The number of nitrogens with one attached hydrogen (secondary N) is 1. The molecule has 1 aliphatic rings. The molecular weight excluding hydrogens is 336 g/mol. The van der Waals surface area contributed by atoms with Gasteiger partial charge in [0.15, 0.2) is 0 Å². The van der Waals surface area contributed by atoms with Crippen molar-refractivity contribution in [3.05, 3.63) is 69.4 Å². The first kappa shape index (κ1) is 17.2. The molecule has 2 aromatic carbocycles. The Kier molecular flexibility index (Phi) is 4.39. The van der Waals surface area contributed by atoms with Crippen molar-refractivity contribution in [2.75, 3.05) is 10.2 Å². The fraction of sp³-hybridized carbons (Fsp3) is 0.200. The van der Waals surface area contributed by atoms with Crippen molar-refractivity contribution in [2.24, 2.45) is 0 Å². The number of hydrogen-bond donors (Lipinski definition) is 1. The van der Waals surface area contributed by atoms with Crippen LogP contribution in [0.1, 0.15) is 22.3 Å². The van der Waals surface area contributed by atoms with Gasteiger partial charge in [0.05, 0.1) is 5.69 Å². The molecule has 1 N–H and O–H groups in total. The number of amides is 2. The van der Waals surface area contributed by atoms with E-state index in [0.29, 0.717) is 5.69 Å². The molecule has 0 saturated heterocycles. The summed E-state index contributed by atoms with van der Waals surface area (Å²) in [5, 5.41) is 2.91. The lowest BCUT2D eigenvalue weighted by atomic mass is 10.1. The molecule has 2 aromatic rings. The van der Waals surface area contributed by atoms with Gasteiger partial charge in [0.2, 0.25) is 0 Å². The Morgan fingerprint density at radius 3 is 2.08 bits per heavy atom. The Balaban J connectivity index is 1.95. The second-order valence-corrected chi connectivity index (χ2v) is 6.78. The summed E-state index contributed by atoms with van der Waals surface area (Å²) >= 11 is 6.17. The SMILES string of the molecule is Cc1cc(C)cc(N2C(=O)C(Cl)=C(Nc3ccc(C)c(C)c3)C2=O)c1. The van der Waals surface area contributed by atoms with E-state index in [1.807, 2.05) is 52.0 Å². The van der Waals surface area contributed by atoms with Crippen LogP contribution in [0.5, 0.6) is 0 Å². The zero-order valence-corrected chi connectivity index (χ0v) is 15.4. The molecule has 0 aromatic heterocycles. The molecule has 0 aliphatic carbocycles. The van der Waals surface area contributed by atoms with Crippen molar-refractivity contribution >= 4 is 34.8 Å². The topological polar surface area (TPSA) is 49.4 Å². The molecule has 0 atom stereocenters. The number of carbonyl (C=O) groups is 2. The molecule has 1 heterocycles. The third-order valence-corrected chi connectivity index (χ3v) is 4.62. The molecule has 0 saturated carbocycles. The highest BCUT2D eigenvalue weighted by atomic mass is 35.5. The summed E-state index contributed by atoms with van der Waals surface area (Å²) in [4.78, 5) is 26.5. The van der Waals surface area contributed by atoms with Crippen LogP contribution < -0.4 is 10.2 Å². The van der Waals surface area contributed by atoms with Crippen LogP contribution in [0.2, 0.25) is 0 Å². The first-order valence-corrected chi connectivity index (χ1v) is 8.37. The van der Waals surface area contributed by atoms with Gasteiger partial charge in [-0.25, -0.2) is 4.90 Å². The number of benzene rings is 2. The van der Waals surface area contributed by atoms with Crippen molar-refractivity contribution < 1.29 is 9.59 Å². The monoisotopic (exact) mass is 354 g/mol. The molecule has 25 heavy (non-hydrogen) atoms. The number of halogens is 1. The minimum atomic E-state index is -0.511. The summed E-state index contributed by atoms with van der Waals surface area (Å²) in [6.45, 7) is 7.84. The summed E-state index contributed by atoms with van der Waals surface area (Å²) in [5.74, 6) is -0.957. The lowest BCUT2D eigenvalue weighted by molar-refractivity contribution is -0.120. The highest BCUT2D eigenvalue weighted by Crippen LogP contribution is 2.31. The Labute approximate surface area is 152 Å². The van der Waals surface area contributed by atoms with Crippen molar-refractivity contribution in [1.29, 1.82) is 0 Å². The van der Waals surface area contributed by atoms with Gasteiger partial charge >= 0.3 is 0 Å². The van der Waals surface area contributed by atoms with Crippen LogP contribution in [-0.2, 0) is 9.59 Å². The minimum absolute atomic E-state index is 0.0950. The fourth-order valence-electron chi connectivity index (χ4n) is 2.89. The fourth-order valence-corrected chi connectivity index (χ4v) is 3.10. The predicted octanol–water partition coefficient (Wildman–Crippen LogP) is 4.36. The van der Waals surface area contributed by atoms with Gasteiger partial charge in [-0.1, -0.05) is 23.7 Å². The molecule has 0 spiro atoms. The lowest BCUT2D eigenvalue weighted by Crippen LogP contribution is -2.32. The number of rotatable bonds is 3. The normalized spacial score (nSPS) is 14.5. The molecule has 0 bridgehead atoms. The van der Waals surface area contributed by atoms with Crippen LogP contribution >= 0.6 is 11.6 Å². The number of aryl methyl sites for hydroxylation is 4. The van der Waals surface area contributed by atoms with Crippen LogP contribution in [-0.4, -0.2) is 11.8 Å². The van der Waals surface area contributed by atoms with Crippen molar-refractivity contribution in [2.45, 2.75) is 27.7 Å². The Morgan fingerprint density at radius 1 is 0.840 bits per heavy atom. The highest BCUT2D eigenvalue weighted by Gasteiger charge is 2.39. The number of nitrogens with zero attached hydrogens (tertiary/aromatic N) is 1. The van der Waals surface area contributed by atoms with Crippen LogP contribution in [0.3, 0.4) is 0 Å². The smallest absolute Gasteiger partial charge is 0.283 e. The highest BCUT2D eigenvalue weighted by molar-refractivity contribution is 6.53. The first-order chi connectivity index (χ1) is 11.8. The van der Waals surface area contributed by atoms with Gasteiger partial charge in [0.25, 0.3) is 11.8 Å². The summed E-state index contributed by atoms with van der Waals surface area (Å²) in [7, 11) is 0. The Hall–Kier alpha value is -2.59. The molecule has 0 fully saturated rings. The summed E-state index contributed by atoms with van der Waals surface area (Å²) in [5.41, 5.74) is 5.54. The number of imide groups is 1. The van der Waals surface area contributed by atoms with Gasteiger partial charge in [0, 0.05) is 5.69 Å². The van der Waals surface area contributed by atoms with E-state index in [1.165, 1.54) is 0 Å². The van der Waals surface area contributed by atoms with Crippen molar-refractivity contribution in [3.8, 4) is 0 Å². The van der Waals surface area contributed by atoms with E-state index >= 15 is 0 Å². The molecule has 5 heteroatoms. The molecule has 3 rings (SSSR count). The number of hydrogen-bond acceptors (Lipinski definition) is 3. The lowest BCUT2D eigenvalue weighted by Gasteiger charge is -2.16. The molecule has 128 valence electrons. The van der Waals surface area contributed by atoms with E-state index in [4.69, 9.17) is 11.6 Å². The zero-order chi connectivity index (χ0) is 18.3. The maximum absolute atomic E-state index is 12.8. The quantitative estimate of drug-likeness (QED) is 0.833. The molecule has 4 nitrogen and oxygen atoms in total. The second kappa shape index (κ2) is 6.37. The zero-order valence-electron chi connectivity index (χ0n) is 14.6. The summed E-state index contributed by atoms with van der Waals surface area (Å²) in [6, 6.07) is 11.3. The van der Waals surface area contributed by atoms with E-state index in [0.717, 1.165) is 32.8 Å².